The van der Waals surface area contributed by atoms with Crippen molar-refractivity contribution < 1.29 is 18.3 Å². The molecule has 4 heterocycles. The van der Waals surface area contributed by atoms with E-state index in [0.717, 1.165) is 81.6 Å². The van der Waals surface area contributed by atoms with Gasteiger partial charge in [0.25, 0.3) is 17.5 Å². The first-order valence-electron chi connectivity index (χ1n) is 12.8. The molecule has 0 atom stereocenters. The molecular formula is C26H33F2N5O2S. The van der Waals surface area contributed by atoms with Gasteiger partial charge in [-0.2, -0.15) is 0 Å². The van der Waals surface area contributed by atoms with E-state index >= 15 is 0 Å². The Morgan fingerprint density at radius 3 is 2.81 bits per heavy atom. The monoisotopic (exact) mass is 517 g/mol. The van der Waals surface area contributed by atoms with E-state index < -0.39 is 13.0 Å². The lowest BCUT2D eigenvalue weighted by atomic mass is 9.84. The van der Waals surface area contributed by atoms with E-state index in [9.17, 15) is 13.6 Å². The molecule has 1 saturated carbocycles. The Bertz CT molecular complexity index is 1160. The molecule has 5 rings (SSSR count). The van der Waals surface area contributed by atoms with Gasteiger partial charge in [0.2, 0.25) is 0 Å². The minimum Gasteiger partial charge on any atom is -0.464 e. The molecule has 0 saturated heterocycles. The lowest BCUT2D eigenvalue weighted by molar-refractivity contribution is 0.0816. The molecule has 0 spiro atoms. The number of carbonyl (C=O) groups is 1. The Labute approximate surface area is 213 Å². The molecule has 0 unspecified atom stereocenters. The van der Waals surface area contributed by atoms with Crippen LogP contribution in [0, 0.1) is 12.8 Å². The Kier molecular flexibility index (Phi) is 7.81. The average molecular weight is 518 g/mol. The van der Waals surface area contributed by atoms with E-state index in [-0.39, 0.29) is 11.9 Å². The number of alkyl halides is 2. The molecule has 0 aromatic carbocycles. The van der Waals surface area contributed by atoms with Crippen LogP contribution in [0.1, 0.15) is 58.9 Å². The molecule has 1 aliphatic heterocycles. The number of aryl methyl sites for hydroxylation is 1. The number of hydrogen-bond donors (Lipinski definition) is 1. The summed E-state index contributed by atoms with van der Waals surface area (Å²) in [5.41, 5.74) is 3.33. The normalized spacial score (nSPS) is 20.9. The van der Waals surface area contributed by atoms with Crippen LogP contribution in [-0.2, 0) is 12.8 Å². The van der Waals surface area contributed by atoms with Crippen molar-refractivity contribution in [3.8, 4) is 5.19 Å². The molecule has 1 amide bonds. The van der Waals surface area contributed by atoms with Crippen LogP contribution < -0.4 is 10.1 Å². The number of fused-ring (bicyclic) bond motifs is 2. The summed E-state index contributed by atoms with van der Waals surface area (Å²) in [7, 11) is 0. The summed E-state index contributed by atoms with van der Waals surface area (Å²) in [4.78, 5) is 25.5. The molecule has 194 valence electrons. The number of nitrogens with one attached hydrogen (secondary N) is 1. The van der Waals surface area contributed by atoms with Crippen LogP contribution >= 0.6 is 11.3 Å². The number of nitrogens with zero attached hydrogens (tertiary/aromatic N) is 4. The van der Waals surface area contributed by atoms with Crippen molar-refractivity contribution in [1.82, 2.24) is 24.6 Å². The van der Waals surface area contributed by atoms with Gasteiger partial charge in [0, 0.05) is 36.6 Å². The molecule has 0 bridgehead atoms. The summed E-state index contributed by atoms with van der Waals surface area (Å²) < 4.78 is 31.7. The lowest BCUT2D eigenvalue weighted by Gasteiger charge is -2.30. The van der Waals surface area contributed by atoms with Crippen molar-refractivity contribution >= 4 is 22.9 Å². The third kappa shape index (κ3) is 6.03. The fraction of sp³-hybridized carbons (Fsp3) is 0.577. The van der Waals surface area contributed by atoms with Crippen molar-refractivity contribution in [3.05, 3.63) is 46.4 Å². The smallest absolute Gasteiger partial charge is 0.273 e. The number of hydrogen-bond acceptors (Lipinski definition) is 6. The summed E-state index contributed by atoms with van der Waals surface area (Å²) in [6, 6.07) is 5.86. The Hall–Kier alpha value is -2.59. The molecular weight excluding hydrogens is 484 g/mol. The van der Waals surface area contributed by atoms with Gasteiger partial charge in [-0.25, -0.2) is 18.7 Å². The van der Waals surface area contributed by atoms with Crippen molar-refractivity contribution in [2.45, 2.75) is 64.3 Å². The van der Waals surface area contributed by atoms with E-state index in [1.807, 2.05) is 35.7 Å². The van der Waals surface area contributed by atoms with Crippen LogP contribution in [0.3, 0.4) is 0 Å². The highest BCUT2D eigenvalue weighted by molar-refractivity contribution is 7.13. The highest BCUT2D eigenvalue weighted by atomic mass is 32.1. The maximum Gasteiger partial charge on any atom is 0.273 e. The van der Waals surface area contributed by atoms with E-state index in [1.54, 1.807) is 0 Å². The molecule has 3 aromatic heterocycles. The molecule has 0 radical (unpaired) electrons. The molecule has 36 heavy (non-hydrogen) atoms. The maximum atomic E-state index is 12.9. The molecule has 3 aromatic rings. The van der Waals surface area contributed by atoms with Crippen molar-refractivity contribution in [2.24, 2.45) is 5.92 Å². The Morgan fingerprint density at radius 1 is 1.19 bits per heavy atom. The lowest BCUT2D eigenvalue weighted by Crippen LogP contribution is -2.38. The minimum absolute atomic E-state index is 0.0325. The van der Waals surface area contributed by atoms with Gasteiger partial charge in [0.05, 0.1) is 11.4 Å². The zero-order valence-electron chi connectivity index (χ0n) is 20.6. The molecule has 7 nitrogen and oxygen atoms in total. The van der Waals surface area contributed by atoms with Crippen LogP contribution in [0.4, 0.5) is 8.78 Å². The SMILES string of the molecule is Cc1cn2c(C(=O)NC3CCC(CCN4CCc5nc(OCC(F)F)sc5CC4)CC3)cccc2n1. The van der Waals surface area contributed by atoms with Gasteiger partial charge < -0.3 is 15.0 Å². The maximum absolute atomic E-state index is 12.9. The second-order valence-electron chi connectivity index (χ2n) is 9.89. The number of thiazole rings is 1. The molecule has 1 N–H and O–H groups in total. The number of rotatable bonds is 8. The molecule has 1 aliphatic carbocycles. The quantitative estimate of drug-likeness (QED) is 0.476. The molecule has 2 aliphatic rings. The zero-order valence-corrected chi connectivity index (χ0v) is 21.4. The summed E-state index contributed by atoms with van der Waals surface area (Å²) in [6.45, 7) is 4.31. The molecule has 10 heteroatoms. The van der Waals surface area contributed by atoms with Gasteiger partial charge in [0.15, 0.2) is 6.61 Å². The minimum atomic E-state index is -2.47. The fourth-order valence-corrected chi connectivity index (χ4v) is 6.30. The van der Waals surface area contributed by atoms with Crippen LogP contribution in [0.25, 0.3) is 5.65 Å². The number of halogens is 2. The Morgan fingerprint density at radius 2 is 2.00 bits per heavy atom. The second-order valence-corrected chi connectivity index (χ2v) is 10.9. The highest BCUT2D eigenvalue weighted by Gasteiger charge is 2.25. The van der Waals surface area contributed by atoms with Gasteiger partial charge in [-0.1, -0.05) is 17.4 Å². The number of pyridine rings is 1. The average Bonchev–Trinajstić information content (AvgIpc) is 3.39. The fourth-order valence-electron chi connectivity index (χ4n) is 5.34. The van der Waals surface area contributed by atoms with Gasteiger partial charge in [-0.05, 0) is 70.0 Å². The number of amides is 1. The van der Waals surface area contributed by atoms with Crippen LogP contribution in [0.5, 0.6) is 5.19 Å². The summed E-state index contributed by atoms with van der Waals surface area (Å²) in [6.07, 6.45) is 6.61. The predicted molar refractivity (Wildman–Crippen MR) is 135 cm³/mol. The van der Waals surface area contributed by atoms with Crippen LogP contribution in [0.2, 0.25) is 0 Å². The second kappa shape index (κ2) is 11.2. The third-order valence-corrected chi connectivity index (χ3v) is 8.36. The molecule has 1 fully saturated rings. The van der Waals surface area contributed by atoms with Crippen molar-refractivity contribution in [3.63, 3.8) is 0 Å². The van der Waals surface area contributed by atoms with Crippen molar-refractivity contribution in [2.75, 3.05) is 26.2 Å². The van der Waals surface area contributed by atoms with E-state index in [1.165, 1.54) is 16.2 Å². The van der Waals surface area contributed by atoms with Crippen LogP contribution in [0.15, 0.2) is 24.4 Å². The number of aromatic nitrogens is 3. The summed E-state index contributed by atoms with van der Waals surface area (Å²) >= 11 is 1.41. The van der Waals surface area contributed by atoms with Gasteiger partial charge in [-0.3, -0.25) is 9.20 Å². The van der Waals surface area contributed by atoms with Gasteiger partial charge >= 0.3 is 0 Å². The van der Waals surface area contributed by atoms with Crippen molar-refractivity contribution in [1.29, 1.82) is 0 Å². The standard InChI is InChI=1S/C26H33F2N5O2S/c1-17-15-33-21(3-2-4-24(33)29-17)25(34)30-19-7-5-18(6-8-19)9-12-32-13-10-20-22(11-14-32)36-26(31-20)35-16-23(27)28/h2-4,15,18-19,23H,5-14,16H2,1H3,(H,30,34). The highest BCUT2D eigenvalue weighted by Crippen LogP contribution is 2.30. The third-order valence-electron chi connectivity index (χ3n) is 7.29. The van der Waals surface area contributed by atoms with Gasteiger partial charge in [0.1, 0.15) is 11.3 Å². The van der Waals surface area contributed by atoms with E-state index in [2.05, 4.69) is 20.2 Å². The van der Waals surface area contributed by atoms with E-state index in [0.29, 0.717) is 16.8 Å². The largest absolute Gasteiger partial charge is 0.464 e. The van der Waals surface area contributed by atoms with Crippen LogP contribution in [-0.4, -0.2) is 63.9 Å². The topological polar surface area (TPSA) is 71.8 Å². The zero-order chi connectivity index (χ0) is 25.1. The van der Waals surface area contributed by atoms with E-state index in [4.69, 9.17) is 4.74 Å². The Balaban J connectivity index is 1.04. The first-order chi connectivity index (χ1) is 17.4. The number of carbonyl (C=O) groups excluding carboxylic acids is 1. The number of ether oxygens (including phenoxy) is 1. The first-order valence-corrected chi connectivity index (χ1v) is 13.6. The summed E-state index contributed by atoms with van der Waals surface area (Å²) in [5.74, 6) is 0.651. The predicted octanol–water partition coefficient (Wildman–Crippen LogP) is 4.52. The first kappa shape index (κ1) is 25.1. The number of imidazole rings is 1. The van der Waals surface area contributed by atoms with Gasteiger partial charge in [-0.15, -0.1) is 0 Å². The summed E-state index contributed by atoms with van der Waals surface area (Å²) in [5, 5.41) is 3.61.